The van der Waals surface area contributed by atoms with E-state index in [-0.39, 0.29) is 0 Å². The number of nitrogens with one attached hydrogen (secondary N) is 1. The molecule has 6 nitrogen and oxygen atoms in total. The van der Waals surface area contributed by atoms with Gasteiger partial charge in [-0.15, -0.1) is 0 Å². The van der Waals surface area contributed by atoms with Gasteiger partial charge >= 0.3 is 0 Å². The molecule has 0 radical (unpaired) electrons. The summed E-state index contributed by atoms with van der Waals surface area (Å²) in [7, 11) is 1.61. The number of aromatic nitrogens is 2. The van der Waals surface area contributed by atoms with Gasteiger partial charge in [0.2, 0.25) is 0 Å². The number of rotatable bonds is 4. The third-order valence-electron chi connectivity index (χ3n) is 3.93. The van der Waals surface area contributed by atoms with E-state index in [1.807, 2.05) is 0 Å². The highest BCUT2D eigenvalue weighted by Gasteiger charge is 2.18. The topological polar surface area (TPSA) is 76.3 Å². The van der Waals surface area contributed by atoms with Crippen LogP contribution >= 0.6 is 11.6 Å². The molecule has 23 heavy (non-hydrogen) atoms. The van der Waals surface area contributed by atoms with Gasteiger partial charge in [0.05, 0.1) is 12.8 Å². The standard InChI is InChI=1S/C16H20ClN5O/c1-23-13-6-5-11(17)9-12(13)21-15-14(18)16(20-10-19-15)22-7-3-2-4-8-22/h5-6,9-10H,2-4,7-8,18H2,1H3,(H,19,20,21). The zero-order chi connectivity index (χ0) is 16.2. The summed E-state index contributed by atoms with van der Waals surface area (Å²) < 4.78 is 5.34. The third kappa shape index (κ3) is 3.42. The van der Waals surface area contributed by atoms with Crippen LogP contribution in [-0.4, -0.2) is 30.2 Å². The van der Waals surface area contributed by atoms with Gasteiger partial charge in [-0.2, -0.15) is 0 Å². The molecule has 0 atom stereocenters. The third-order valence-corrected chi connectivity index (χ3v) is 4.17. The molecule has 3 N–H and O–H groups in total. The Bertz CT molecular complexity index is 688. The lowest BCUT2D eigenvalue weighted by Gasteiger charge is -2.29. The van der Waals surface area contributed by atoms with Gasteiger partial charge in [-0.3, -0.25) is 0 Å². The van der Waals surface area contributed by atoms with Gasteiger partial charge in [0.25, 0.3) is 0 Å². The van der Waals surface area contributed by atoms with E-state index < -0.39 is 0 Å². The lowest BCUT2D eigenvalue weighted by atomic mass is 10.1. The second-order valence-electron chi connectivity index (χ2n) is 5.48. The van der Waals surface area contributed by atoms with E-state index in [4.69, 9.17) is 22.1 Å². The SMILES string of the molecule is COc1ccc(Cl)cc1Nc1ncnc(N2CCCCC2)c1N. The van der Waals surface area contributed by atoms with Crippen molar-refractivity contribution in [3.05, 3.63) is 29.5 Å². The fourth-order valence-electron chi connectivity index (χ4n) is 2.75. The van der Waals surface area contributed by atoms with Crippen molar-refractivity contribution in [2.45, 2.75) is 19.3 Å². The molecule has 1 aliphatic rings. The fourth-order valence-corrected chi connectivity index (χ4v) is 2.92. The normalized spacial score (nSPS) is 14.6. The molecule has 0 amide bonds. The molecule has 1 saturated heterocycles. The summed E-state index contributed by atoms with van der Waals surface area (Å²) >= 11 is 6.07. The molecule has 1 fully saturated rings. The van der Waals surface area contributed by atoms with Gasteiger partial charge in [-0.25, -0.2) is 9.97 Å². The zero-order valence-corrected chi connectivity index (χ0v) is 13.8. The van der Waals surface area contributed by atoms with Crippen LogP contribution in [0.4, 0.5) is 23.0 Å². The highest BCUT2D eigenvalue weighted by atomic mass is 35.5. The molecule has 2 aromatic rings. The van der Waals surface area contributed by atoms with Crippen molar-refractivity contribution < 1.29 is 4.74 Å². The minimum Gasteiger partial charge on any atom is -0.495 e. The maximum atomic E-state index is 6.29. The Balaban J connectivity index is 1.90. The van der Waals surface area contributed by atoms with Crippen LogP contribution in [0.2, 0.25) is 5.02 Å². The van der Waals surface area contributed by atoms with Crippen LogP contribution in [0.3, 0.4) is 0 Å². The molecule has 7 heteroatoms. The summed E-state index contributed by atoms with van der Waals surface area (Å²) in [6.45, 7) is 1.95. The summed E-state index contributed by atoms with van der Waals surface area (Å²) in [5, 5.41) is 3.81. The number of nitrogens with zero attached hydrogens (tertiary/aromatic N) is 3. The number of halogens is 1. The molecule has 1 aromatic carbocycles. The number of nitrogens with two attached hydrogens (primary N) is 1. The number of methoxy groups -OCH3 is 1. The van der Waals surface area contributed by atoms with Gasteiger partial charge in [-0.05, 0) is 37.5 Å². The Morgan fingerprint density at radius 1 is 1.22 bits per heavy atom. The highest BCUT2D eigenvalue weighted by molar-refractivity contribution is 6.31. The number of nitrogen functional groups attached to an aromatic ring is 1. The molecule has 0 aliphatic carbocycles. The quantitative estimate of drug-likeness (QED) is 0.892. The Kier molecular flexibility index (Phi) is 4.71. The smallest absolute Gasteiger partial charge is 0.159 e. The first-order chi connectivity index (χ1) is 11.2. The van der Waals surface area contributed by atoms with E-state index >= 15 is 0 Å². The summed E-state index contributed by atoms with van der Waals surface area (Å²) in [5.74, 6) is 2.01. The predicted octanol–water partition coefficient (Wildman–Crippen LogP) is 3.45. The molecule has 1 aromatic heterocycles. The average molecular weight is 334 g/mol. The van der Waals surface area contributed by atoms with Crippen molar-refractivity contribution in [2.24, 2.45) is 0 Å². The minimum atomic E-state index is 0.538. The first kappa shape index (κ1) is 15.7. The summed E-state index contributed by atoms with van der Waals surface area (Å²) in [5.41, 5.74) is 7.54. The number of anilines is 4. The molecule has 1 aliphatic heterocycles. The number of benzene rings is 1. The fraction of sp³-hybridized carbons (Fsp3) is 0.375. The molecule has 3 rings (SSSR count). The molecular weight excluding hydrogens is 314 g/mol. The molecule has 0 unspecified atom stereocenters. The van der Waals surface area contributed by atoms with Crippen molar-refractivity contribution in [3.8, 4) is 5.75 Å². The van der Waals surface area contributed by atoms with Gasteiger partial charge in [-0.1, -0.05) is 11.6 Å². The van der Waals surface area contributed by atoms with E-state index in [2.05, 4.69) is 20.2 Å². The van der Waals surface area contributed by atoms with Crippen molar-refractivity contribution in [1.29, 1.82) is 0 Å². The van der Waals surface area contributed by atoms with Gasteiger partial charge < -0.3 is 20.7 Å². The zero-order valence-electron chi connectivity index (χ0n) is 13.1. The molecule has 0 saturated carbocycles. The predicted molar refractivity (Wildman–Crippen MR) is 93.8 cm³/mol. The second kappa shape index (κ2) is 6.91. The molecule has 122 valence electrons. The van der Waals surface area contributed by atoms with Crippen LogP contribution in [0.1, 0.15) is 19.3 Å². The lowest BCUT2D eigenvalue weighted by Crippen LogP contribution is -2.31. The van der Waals surface area contributed by atoms with Crippen LogP contribution in [0, 0.1) is 0 Å². The van der Waals surface area contributed by atoms with Crippen LogP contribution in [0.5, 0.6) is 5.75 Å². The highest BCUT2D eigenvalue weighted by Crippen LogP contribution is 2.34. The number of ether oxygens (including phenoxy) is 1. The van der Waals surface area contributed by atoms with Crippen molar-refractivity contribution in [3.63, 3.8) is 0 Å². The molecule has 0 spiro atoms. The molecular formula is C16H20ClN5O. The monoisotopic (exact) mass is 333 g/mol. The van der Waals surface area contributed by atoms with Gasteiger partial charge in [0.1, 0.15) is 17.8 Å². The van der Waals surface area contributed by atoms with Crippen molar-refractivity contribution in [1.82, 2.24) is 9.97 Å². The van der Waals surface area contributed by atoms with Gasteiger partial charge in [0.15, 0.2) is 11.6 Å². The van der Waals surface area contributed by atoms with E-state index in [0.29, 0.717) is 22.3 Å². The summed E-state index contributed by atoms with van der Waals surface area (Å²) in [6, 6.07) is 5.35. The van der Waals surface area contributed by atoms with Crippen LogP contribution in [-0.2, 0) is 0 Å². The number of hydrogen-bond donors (Lipinski definition) is 2. The summed E-state index contributed by atoms with van der Waals surface area (Å²) in [4.78, 5) is 10.8. The summed E-state index contributed by atoms with van der Waals surface area (Å²) in [6.07, 6.45) is 5.11. The largest absolute Gasteiger partial charge is 0.495 e. The number of hydrogen-bond acceptors (Lipinski definition) is 6. The lowest BCUT2D eigenvalue weighted by molar-refractivity contribution is 0.417. The van der Waals surface area contributed by atoms with E-state index in [0.717, 1.165) is 37.4 Å². The van der Waals surface area contributed by atoms with Gasteiger partial charge in [0, 0.05) is 18.1 Å². The first-order valence-electron chi connectivity index (χ1n) is 7.65. The van der Waals surface area contributed by atoms with Crippen molar-refractivity contribution in [2.75, 3.05) is 36.1 Å². The Morgan fingerprint density at radius 3 is 2.74 bits per heavy atom. The maximum absolute atomic E-state index is 6.29. The second-order valence-corrected chi connectivity index (χ2v) is 5.91. The van der Waals surface area contributed by atoms with Crippen LogP contribution in [0.25, 0.3) is 0 Å². The van der Waals surface area contributed by atoms with E-state index in [1.165, 1.54) is 12.7 Å². The number of piperidine rings is 1. The van der Waals surface area contributed by atoms with Crippen LogP contribution < -0.4 is 20.7 Å². The first-order valence-corrected chi connectivity index (χ1v) is 8.03. The van der Waals surface area contributed by atoms with Crippen LogP contribution in [0.15, 0.2) is 24.5 Å². The molecule has 2 heterocycles. The van der Waals surface area contributed by atoms with E-state index in [1.54, 1.807) is 25.3 Å². The minimum absolute atomic E-state index is 0.538. The van der Waals surface area contributed by atoms with E-state index in [9.17, 15) is 0 Å². The maximum Gasteiger partial charge on any atom is 0.159 e. The Hall–Kier alpha value is -2.21. The molecule has 0 bridgehead atoms. The Morgan fingerprint density at radius 2 is 2.00 bits per heavy atom. The van der Waals surface area contributed by atoms with Crippen molar-refractivity contribution >= 4 is 34.6 Å². The Labute approximate surface area is 140 Å². The average Bonchev–Trinajstić information content (AvgIpc) is 2.58.